The summed E-state index contributed by atoms with van der Waals surface area (Å²) in [6.45, 7) is 8.05. The summed E-state index contributed by atoms with van der Waals surface area (Å²) in [5.74, 6) is 0.0998. The van der Waals surface area contributed by atoms with Gasteiger partial charge in [0.1, 0.15) is 0 Å². The second-order valence-corrected chi connectivity index (χ2v) is 5.10. The lowest BCUT2D eigenvalue weighted by atomic mass is 10.1. The van der Waals surface area contributed by atoms with Crippen molar-refractivity contribution in [2.45, 2.75) is 32.7 Å². The van der Waals surface area contributed by atoms with Gasteiger partial charge in [-0.1, -0.05) is 6.92 Å². The van der Waals surface area contributed by atoms with Gasteiger partial charge in [0.25, 0.3) is 0 Å². The summed E-state index contributed by atoms with van der Waals surface area (Å²) >= 11 is 0. The predicted octanol–water partition coefficient (Wildman–Crippen LogP) is -0.109. The minimum Gasteiger partial charge on any atom is -0.351 e. The number of rotatable bonds is 6. The molecular formula is C12H24N4O2. The van der Waals surface area contributed by atoms with Gasteiger partial charge in [-0.25, -0.2) is 4.79 Å². The van der Waals surface area contributed by atoms with Crippen LogP contribution in [0.25, 0.3) is 0 Å². The first-order valence-electron chi connectivity index (χ1n) is 6.55. The van der Waals surface area contributed by atoms with Gasteiger partial charge in [0, 0.05) is 6.54 Å². The van der Waals surface area contributed by atoms with Crippen LogP contribution in [0.4, 0.5) is 4.79 Å². The molecule has 0 aliphatic carbocycles. The lowest BCUT2D eigenvalue weighted by Gasteiger charge is -2.22. The number of hydrogen-bond acceptors (Lipinski definition) is 4. The number of primary amides is 1. The molecule has 6 nitrogen and oxygen atoms in total. The van der Waals surface area contributed by atoms with Gasteiger partial charge in [0.15, 0.2) is 0 Å². The molecule has 4 N–H and O–H groups in total. The Labute approximate surface area is 108 Å². The van der Waals surface area contributed by atoms with Crippen molar-refractivity contribution in [3.8, 4) is 0 Å². The number of nitrogens with one attached hydrogen (secondary N) is 2. The van der Waals surface area contributed by atoms with Gasteiger partial charge in [-0.05, 0) is 45.3 Å². The van der Waals surface area contributed by atoms with E-state index in [1.807, 2.05) is 0 Å². The molecule has 18 heavy (non-hydrogen) atoms. The predicted molar refractivity (Wildman–Crippen MR) is 70.0 cm³/mol. The van der Waals surface area contributed by atoms with Crippen LogP contribution in [0.2, 0.25) is 0 Å². The van der Waals surface area contributed by atoms with Crippen LogP contribution < -0.4 is 16.4 Å². The average Bonchev–Trinajstić information content (AvgIpc) is 2.77. The molecule has 0 aromatic carbocycles. The summed E-state index contributed by atoms with van der Waals surface area (Å²) in [6, 6.07) is -1.21. The Bertz CT molecular complexity index is 290. The normalized spacial score (nSPS) is 19.4. The van der Waals surface area contributed by atoms with Crippen molar-refractivity contribution in [1.29, 1.82) is 0 Å². The molecule has 1 heterocycles. The molecule has 0 bridgehead atoms. The molecule has 1 saturated heterocycles. The standard InChI is InChI=1S/C12H24N4O2/c1-9(8-16-5-3-4-6-16)7-14-10(2)11(17)15-12(13)18/h9-10,14H,3-8H2,1-2H3,(H3,13,15,17,18). The number of likely N-dealkylation sites (tertiary alicyclic amines) is 1. The van der Waals surface area contributed by atoms with Crippen molar-refractivity contribution >= 4 is 11.9 Å². The van der Waals surface area contributed by atoms with Gasteiger partial charge in [-0.2, -0.15) is 0 Å². The van der Waals surface area contributed by atoms with Crippen molar-refractivity contribution in [3.05, 3.63) is 0 Å². The van der Waals surface area contributed by atoms with Crippen LogP contribution >= 0.6 is 0 Å². The summed E-state index contributed by atoms with van der Waals surface area (Å²) in [6.07, 6.45) is 2.58. The van der Waals surface area contributed by atoms with Gasteiger partial charge in [-0.15, -0.1) is 0 Å². The summed E-state index contributed by atoms with van der Waals surface area (Å²) in [5, 5.41) is 5.18. The molecule has 0 radical (unpaired) electrons. The van der Waals surface area contributed by atoms with E-state index in [0.29, 0.717) is 5.92 Å². The number of urea groups is 1. The van der Waals surface area contributed by atoms with E-state index in [9.17, 15) is 9.59 Å². The largest absolute Gasteiger partial charge is 0.351 e. The Morgan fingerprint density at radius 2 is 1.89 bits per heavy atom. The van der Waals surface area contributed by atoms with E-state index in [1.165, 1.54) is 25.9 Å². The Hall–Kier alpha value is -1.14. The van der Waals surface area contributed by atoms with Gasteiger partial charge in [0.05, 0.1) is 6.04 Å². The highest BCUT2D eigenvalue weighted by Crippen LogP contribution is 2.09. The highest BCUT2D eigenvalue weighted by atomic mass is 16.2. The lowest BCUT2D eigenvalue weighted by Crippen LogP contribution is -2.47. The van der Waals surface area contributed by atoms with Crippen LogP contribution in [-0.2, 0) is 4.79 Å². The van der Waals surface area contributed by atoms with E-state index in [2.05, 4.69) is 22.5 Å². The third kappa shape index (κ3) is 5.46. The fraction of sp³-hybridized carbons (Fsp3) is 0.833. The minimum atomic E-state index is -0.807. The third-order valence-corrected chi connectivity index (χ3v) is 3.18. The molecule has 1 fully saturated rings. The monoisotopic (exact) mass is 256 g/mol. The van der Waals surface area contributed by atoms with Gasteiger partial charge < -0.3 is 16.0 Å². The number of nitrogens with zero attached hydrogens (tertiary/aromatic N) is 1. The Morgan fingerprint density at radius 1 is 1.28 bits per heavy atom. The van der Waals surface area contributed by atoms with Gasteiger partial charge in [0.2, 0.25) is 5.91 Å². The van der Waals surface area contributed by atoms with Gasteiger partial charge >= 0.3 is 6.03 Å². The van der Waals surface area contributed by atoms with Crippen molar-refractivity contribution in [2.75, 3.05) is 26.2 Å². The van der Waals surface area contributed by atoms with Crippen molar-refractivity contribution in [2.24, 2.45) is 11.7 Å². The zero-order valence-corrected chi connectivity index (χ0v) is 11.2. The van der Waals surface area contributed by atoms with E-state index < -0.39 is 12.1 Å². The molecule has 0 aromatic rings. The van der Waals surface area contributed by atoms with Crippen LogP contribution in [0.5, 0.6) is 0 Å². The van der Waals surface area contributed by atoms with Crippen LogP contribution in [0.1, 0.15) is 26.7 Å². The maximum atomic E-state index is 11.4. The molecule has 0 aromatic heterocycles. The molecule has 104 valence electrons. The fourth-order valence-corrected chi connectivity index (χ4v) is 2.17. The average molecular weight is 256 g/mol. The number of nitrogens with two attached hydrogens (primary N) is 1. The molecule has 0 saturated carbocycles. The number of carbonyl (C=O) groups is 2. The zero-order valence-electron chi connectivity index (χ0n) is 11.2. The van der Waals surface area contributed by atoms with E-state index in [4.69, 9.17) is 5.73 Å². The summed E-state index contributed by atoms with van der Waals surface area (Å²) in [5.41, 5.74) is 4.89. The van der Waals surface area contributed by atoms with Crippen molar-refractivity contribution in [3.63, 3.8) is 0 Å². The van der Waals surface area contributed by atoms with E-state index in [0.717, 1.165) is 13.1 Å². The number of carbonyl (C=O) groups excluding carboxylic acids is 2. The van der Waals surface area contributed by atoms with Crippen LogP contribution in [0, 0.1) is 5.92 Å². The van der Waals surface area contributed by atoms with Crippen molar-refractivity contribution < 1.29 is 9.59 Å². The Balaban J connectivity index is 2.18. The summed E-state index contributed by atoms with van der Waals surface area (Å²) < 4.78 is 0. The molecule has 1 aliphatic rings. The topological polar surface area (TPSA) is 87.5 Å². The second kappa shape index (κ2) is 7.33. The Morgan fingerprint density at radius 3 is 2.44 bits per heavy atom. The van der Waals surface area contributed by atoms with Crippen LogP contribution in [0.15, 0.2) is 0 Å². The van der Waals surface area contributed by atoms with Crippen molar-refractivity contribution in [1.82, 2.24) is 15.5 Å². The van der Waals surface area contributed by atoms with E-state index in [1.54, 1.807) is 6.92 Å². The first-order chi connectivity index (χ1) is 8.49. The molecular weight excluding hydrogens is 232 g/mol. The molecule has 3 amide bonds. The first-order valence-corrected chi connectivity index (χ1v) is 6.55. The zero-order chi connectivity index (χ0) is 13.5. The highest BCUT2D eigenvalue weighted by molar-refractivity contribution is 5.96. The van der Waals surface area contributed by atoms with E-state index >= 15 is 0 Å². The molecule has 1 rings (SSSR count). The minimum absolute atomic E-state index is 0.379. The van der Waals surface area contributed by atoms with Crippen LogP contribution in [-0.4, -0.2) is 49.1 Å². The number of hydrogen-bond donors (Lipinski definition) is 3. The maximum absolute atomic E-state index is 11.4. The van der Waals surface area contributed by atoms with Gasteiger partial charge in [-0.3, -0.25) is 10.1 Å². The molecule has 1 aliphatic heterocycles. The highest BCUT2D eigenvalue weighted by Gasteiger charge is 2.17. The third-order valence-electron chi connectivity index (χ3n) is 3.18. The van der Waals surface area contributed by atoms with Crippen LogP contribution in [0.3, 0.4) is 0 Å². The molecule has 0 spiro atoms. The fourth-order valence-electron chi connectivity index (χ4n) is 2.17. The Kier molecular flexibility index (Phi) is 6.07. The lowest BCUT2D eigenvalue weighted by molar-refractivity contribution is -0.121. The quantitative estimate of drug-likeness (QED) is 0.619. The smallest absolute Gasteiger partial charge is 0.318 e. The first kappa shape index (κ1) is 14.9. The number of imide groups is 1. The second-order valence-electron chi connectivity index (χ2n) is 5.10. The molecule has 2 atom stereocenters. The summed E-state index contributed by atoms with van der Waals surface area (Å²) in [7, 11) is 0. The molecule has 6 heteroatoms. The molecule has 2 unspecified atom stereocenters. The number of amides is 3. The maximum Gasteiger partial charge on any atom is 0.318 e. The summed E-state index contributed by atoms with van der Waals surface area (Å²) in [4.78, 5) is 24.4. The SMILES string of the molecule is CC(CNC(C)C(=O)NC(N)=O)CN1CCCC1. The van der Waals surface area contributed by atoms with E-state index in [-0.39, 0.29) is 5.91 Å².